The van der Waals surface area contributed by atoms with Crippen LogP contribution in [-0.4, -0.2) is 22.4 Å². The first-order valence-corrected chi connectivity index (χ1v) is 9.22. The summed E-state index contributed by atoms with van der Waals surface area (Å²) in [5.41, 5.74) is 2.81. The maximum Gasteiger partial charge on any atom is 0.0738 e. The maximum absolute atomic E-state index is 4.57. The third-order valence-corrected chi connectivity index (χ3v) is 5.99. The van der Waals surface area contributed by atoms with Crippen molar-refractivity contribution in [2.75, 3.05) is 6.54 Å². The summed E-state index contributed by atoms with van der Waals surface area (Å²) in [6, 6.07) is 0.786. The average molecular weight is 356 g/mol. The van der Waals surface area contributed by atoms with E-state index in [1.165, 1.54) is 48.7 Å². The second kappa shape index (κ2) is 7.28. The lowest BCUT2D eigenvalue weighted by Crippen LogP contribution is -2.37. The van der Waals surface area contributed by atoms with E-state index in [1.807, 2.05) is 0 Å². The van der Waals surface area contributed by atoms with Crippen molar-refractivity contribution in [3.63, 3.8) is 0 Å². The minimum absolute atomic E-state index is 0.362. The van der Waals surface area contributed by atoms with E-state index in [4.69, 9.17) is 0 Å². The smallest absolute Gasteiger partial charge is 0.0738 e. The number of halogens is 1. The van der Waals surface area contributed by atoms with Gasteiger partial charge in [-0.1, -0.05) is 26.7 Å². The molecule has 0 aromatic carbocycles. The number of aromatic nitrogens is 2. The van der Waals surface area contributed by atoms with E-state index in [0.29, 0.717) is 5.41 Å². The molecule has 120 valence electrons. The van der Waals surface area contributed by atoms with Gasteiger partial charge in [-0.15, -0.1) is 0 Å². The van der Waals surface area contributed by atoms with E-state index < -0.39 is 0 Å². The molecule has 0 radical (unpaired) electrons. The minimum atomic E-state index is 0.362. The van der Waals surface area contributed by atoms with Gasteiger partial charge >= 0.3 is 0 Å². The number of unbranched alkanes of at least 4 members (excludes halogenated alkanes) is 1. The second-order valence-corrected chi connectivity index (χ2v) is 7.55. The molecule has 1 saturated carbocycles. The second-order valence-electron chi connectivity index (χ2n) is 6.76. The van der Waals surface area contributed by atoms with Gasteiger partial charge in [0.05, 0.1) is 15.9 Å². The zero-order chi connectivity index (χ0) is 15.5. The standard InChI is InChI=1S/C17H30BrN3/c1-5-7-10-17(6-2,12-19-14-8-9-14)11-15-16(18)13(3)20-21(15)4/h14,19H,5-12H2,1-4H3. The Hall–Kier alpha value is -0.350. The van der Waals surface area contributed by atoms with Crippen molar-refractivity contribution in [3.05, 3.63) is 15.9 Å². The molecule has 4 heteroatoms. The van der Waals surface area contributed by atoms with E-state index >= 15 is 0 Å². The monoisotopic (exact) mass is 355 g/mol. The van der Waals surface area contributed by atoms with Gasteiger partial charge in [-0.25, -0.2) is 0 Å². The Bertz CT molecular complexity index is 465. The van der Waals surface area contributed by atoms with Crippen LogP contribution in [0.15, 0.2) is 4.47 Å². The third kappa shape index (κ3) is 4.32. The number of hydrogen-bond acceptors (Lipinski definition) is 2. The Morgan fingerprint density at radius 3 is 2.57 bits per heavy atom. The highest BCUT2D eigenvalue weighted by molar-refractivity contribution is 9.10. The molecule has 1 aliphatic carbocycles. The maximum atomic E-state index is 4.57. The molecular weight excluding hydrogens is 326 g/mol. The molecule has 1 unspecified atom stereocenters. The zero-order valence-electron chi connectivity index (χ0n) is 14.0. The van der Waals surface area contributed by atoms with Crippen molar-refractivity contribution in [1.29, 1.82) is 0 Å². The fourth-order valence-corrected chi connectivity index (χ4v) is 3.57. The number of nitrogens with one attached hydrogen (secondary N) is 1. The van der Waals surface area contributed by atoms with Crippen LogP contribution >= 0.6 is 15.9 Å². The van der Waals surface area contributed by atoms with E-state index in [0.717, 1.165) is 24.7 Å². The van der Waals surface area contributed by atoms with Crippen LogP contribution < -0.4 is 5.32 Å². The molecule has 1 aliphatic rings. The minimum Gasteiger partial charge on any atom is -0.313 e. The molecule has 1 N–H and O–H groups in total. The van der Waals surface area contributed by atoms with Crippen molar-refractivity contribution in [2.24, 2.45) is 12.5 Å². The summed E-state index contributed by atoms with van der Waals surface area (Å²) >= 11 is 3.74. The molecule has 3 nitrogen and oxygen atoms in total. The van der Waals surface area contributed by atoms with Gasteiger partial charge in [0, 0.05) is 19.6 Å². The molecule has 1 fully saturated rings. The van der Waals surface area contributed by atoms with Gasteiger partial charge in [0.15, 0.2) is 0 Å². The van der Waals surface area contributed by atoms with E-state index in [2.05, 4.69) is 58.8 Å². The SMILES string of the molecule is CCCCC(CC)(CNC1CC1)Cc1c(Br)c(C)nn1C. The quantitative estimate of drug-likeness (QED) is 0.712. The first-order chi connectivity index (χ1) is 10.0. The lowest BCUT2D eigenvalue weighted by atomic mass is 9.76. The van der Waals surface area contributed by atoms with Gasteiger partial charge in [0.25, 0.3) is 0 Å². The highest BCUT2D eigenvalue weighted by atomic mass is 79.9. The van der Waals surface area contributed by atoms with Crippen LogP contribution in [-0.2, 0) is 13.5 Å². The molecule has 0 bridgehead atoms. The van der Waals surface area contributed by atoms with Gasteiger partial charge in [0.1, 0.15) is 0 Å². The van der Waals surface area contributed by atoms with Gasteiger partial charge in [-0.3, -0.25) is 4.68 Å². The summed E-state index contributed by atoms with van der Waals surface area (Å²) in [7, 11) is 2.07. The van der Waals surface area contributed by atoms with Crippen molar-refractivity contribution in [3.8, 4) is 0 Å². The summed E-state index contributed by atoms with van der Waals surface area (Å²) in [6.45, 7) is 7.86. The van der Waals surface area contributed by atoms with Gasteiger partial charge in [0.2, 0.25) is 0 Å². The molecule has 1 atom stereocenters. The van der Waals surface area contributed by atoms with Crippen LogP contribution in [0.5, 0.6) is 0 Å². The van der Waals surface area contributed by atoms with Crippen molar-refractivity contribution < 1.29 is 0 Å². The van der Waals surface area contributed by atoms with Gasteiger partial charge in [-0.05, 0) is 60.4 Å². The topological polar surface area (TPSA) is 29.9 Å². The normalized spacial score (nSPS) is 18.0. The molecule has 0 amide bonds. The number of nitrogens with zero attached hydrogens (tertiary/aromatic N) is 2. The highest BCUT2D eigenvalue weighted by Crippen LogP contribution is 2.36. The summed E-state index contributed by atoms with van der Waals surface area (Å²) in [4.78, 5) is 0. The van der Waals surface area contributed by atoms with Gasteiger partial charge < -0.3 is 5.32 Å². The molecule has 1 aromatic rings. The van der Waals surface area contributed by atoms with Crippen molar-refractivity contribution in [2.45, 2.75) is 71.8 Å². The molecule has 1 aromatic heterocycles. The van der Waals surface area contributed by atoms with Gasteiger partial charge in [-0.2, -0.15) is 5.10 Å². The summed E-state index contributed by atoms with van der Waals surface area (Å²) in [5.74, 6) is 0. The molecule has 0 aliphatic heterocycles. The number of hydrogen-bond donors (Lipinski definition) is 1. The lowest BCUT2D eigenvalue weighted by molar-refractivity contribution is 0.223. The molecule has 1 heterocycles. The molecule has 2 rings (SSSR count). The van der Waals surface area contributed by atoms with Crippen LogP contribution in [0.3, 0.4) is 0 Å². The number of aryl methyl sites for hydroxylation is 2. The van der Waals surface area contributed by atoms with Crippen molar-refractivity contribution in [1.82, 2.24) is 15.1 Å². The summed E-state index contributed by atoms with van der Waals surface area (Å²) in [5, 5.41) is 8.34. The van der Waals surface area contributed by atoms with Crippen LogP contribution in [0.2, 0.25) is 0 Å². The van der Waals surface area contributed by atoms with Crippen LogP contribution in [0.4, 0.5) is 0 Å². The number of rotatable bonds is 9. The van der Waals surface area contributed by atoms with E-state index in [1.54, 1.807) is 0 Å². The summed E-state index contributed by atoms with van der Waals surface area (Å²) in [6.07, 6.45) is 8.95. The predicted molar refractivity (Wildman–Crippen MR) is 92.6 cm³/mol. The fraction of sp³-hybridized carbons (Fsp3) is 0.824. The van der Waals surface area contributed by atoms with Crippen molar-refractivity contribution >= 4 is 15.9 Å². The first-order valence-electron chi connectivity index (χ1n) is 8.42. The molecule has 0 spiro atoms. The third-order valence-electron chi connectivity index (χ3n) is 4.96. The van der Waals surface area contributed by atoms with E-state index in [9.17, 15) is 0 Å². The van der Waals surface area contributed by atoms with Crippen LogP contribution in [0.1, 0.15) is 63.8 Å². The zero-order valence-corrected chi connectivity index (χ0v) is 15.6. The largest absolute Gasteiger partial charge is 0.313 e. The Morgan fingerprint density at radius 2 is 2.10 bits per heavy atom. The Kier molecular flexibility index (Phi) is 5.89. The Balaban J connectivity index is 2.15. The van der Waals surface area contributed by atoms with Crippen LogP contribution in [0.25, 0.3) is 0 Å². The molecular formula is C17H30BrN3. The average Bonchev–Trinajstić information content (AvgIpc) is 3.26. The Morgan fingerprint density at radius 1 is 1.38 bits per heavy atom. The van der Waals surface area contributed by atoms with Crippen LogP contribution in [0, 0.1) is 12.3 Å². The lowest BCUT2D eigenvalue weighted by Gasteiger charge is -2.34. The first kappa shape index (κ1) is 17.0. The highest BCUT2D eigenvalue weighted by Gasteiger charge is 2.32. The fourth-order valence-electron chi connectivity index (χ4n) is 3.09. The predicted octanol–water partition coefficient (Wildman–Crippen LogP) is 4.37. The summed E-state index contributed by atoms with van der Waals surface area (Å²) < 4.78 is 3.26. The van der Waals surface area contributed by atoms with E-state index in [-0.39, 0.29) is 0 Å². The Labute approximate surface area is 138 Å². The molecule has 0 saturated heterocycles. The molecule has 21 heavy (non-hydrogen) atoms.